The number of likely N-dealkylation sites (tertiary alicyclic amines) is 1. The molecule has 0 spiro atoms. The van der Waals surface area contributed by atoms with Crippen LogP contribution in [0.3, 0.4) is 0 Å². The molecule has 1 aliphatic carbocycles. The third-order valence-electron chi connectivity index (χ3n) is 10.9. The van der Waals surface area contributed by atoms with Gasteiger partial charge in [-0.15, -0.1) is 0 Å². The van der Waals surface area contributed by atoms with E-state index in [0.717, 1.165) is 75.9 Å². The highest BCUT2D eigenvalue weighted by Crippen LogP contribution is 2.36. The highest BCUT2D eigenvalue weighted by Gasteiger charge is 2.33. The predicted octanol–water partition coefficient (Wildman–Crippen LogP) is 6.28. The number of imide groups is 1. The quantitative estimate of drug-likeness (QED) is 0.198. The van der Waals surface area contributed by atoms with Crippen molar-refractivity contribution in [2.24, 2.45) is 5.92 Å². The molecule has 5 aromatic rings. The first-order chi connectivity index (χ1) is 26.0. The van der Waals surface area contributed by atoms with Gasteiger partial charge in [-0.1, -0.05) is 6.07 Å². The molecule has 0 bridgehead atoms. The van der Waals surface area contributed by atoms with Gasteiger partial charge in [-0.3, -0.25) is 28.9 Å². The summed E-state index contributed by atoms with van der Waals surface area (Å²) in [7, 11) is 0. The first kappa shape index (κ1) is 35.2. The van der Waals surface area contributed by atoms with Crippen molar-refractivity contribution in [1.82, 2.24) is 34.4 Å². The highest BCUT2D eigenvalue weighted by molar-refractivity contribution is 6.06. The molecule has 8 rings (SSSR count). The number of nitriles is 1. The Balaban J connectivity index is 0.844. The van der Waals surface area contributed by atoms with Crippen LogP contribution in [0.4, 0.5) is 29.5 Å². The van der Waals surface area contributed by atoms with Crippen molar-refractivity contribution in [3.05, 3.63) is 83.6 Å². The van der Waals surface area contributed by atoms with Gasteiger partial charge in [-0.05, 0) is 105 Å². The molecule has 2 N–H and O–H groups in total. The van der Waals surface area contributed by atoms with E-state index in [2.05, 4.69) is 43.7 Å². The number of nitrogens with one attached hydrogen (secondary N) is 2. The van der Waals surface area contributed by atoms with Crippen LogP contribution in [0.15, 0.2) is 61.1 Å². The summed E-state index contributed by atoms with van der Waals surface area (Å²) in [4.78, 5) is 48.9. The zero-order chi connectivity index (χ0) is 37.6. The maximum Gasteiger partial charge on any atom is 0.433 e. The number of alkyl halides is 3. The minimum atomic E-state index is -4.69. The number of urea groups is 1. The van der Waals surface area contributed by atoms with Crippen LogP contribution in [0.1, 0.15) is 84.2 Å². The maximum absolute atomic E-state index is 13.1. The van der Waals surface area contributed by atoms with Crippen LogP contribution in [-0.2, 0) is 11.0 Å². The third-order valence-corrected chi connectivity index (χ3v) is 10.9. The minimum absolute atomic E-state index is 0.153. The van der Waals surface area contributed by atoms with E-state index >= 15 is 0 Å². The lowest BCUT2D eigenvalue weighted by Gasteiger charge is -2.36. The molecule has 0 radical (unpaired) electrons. The summed E-state index contributed by atoms with van der Waals surface area (Å²) in [6.07, 6.45) is 7.29. The van der Waals surface area contributed by atoms with Gasteiger partial charge >= 0.3 is 12.2 Å². The van der Waals surface area contributed by atoms with Crippen molar-refractivity contribution < 1.29 is 27.6 Å². The molecule has 278 valence electrons. The van der Waals surface area contributed by atoms with E-state index in [-0.39, 0.29) is 29.6 Å². The van der Waals surface area contributed by atoms with E-state index in [0.29, 0.717) is 35.1 Å². The Kier molecular flexibility index (Phi) is 9.26. The fraction of sp³-hybridized carbons (Fsp3) is 0.395. The summed E-state index contributed by atoms with van der Waals surface area (Å²) in [6.45, 7) is 3.42. The Bertz CT molecular complexity index is 2300. The van der Waals surface area contributed by atoms with Crippen LogP contribution in [0, 0.1) is 17.2 Å². The van der Waals surface area contributed by atoms with Crippen LogP contribution in [0.25, 0.3) is 16.6 Å². The lowest BCUT2D eigenvalue weighted by atomic mass is 9.84. The first-order valence-electron chi connectivity index (χ1n) is 18.1. The number of rotatable bonds is 7. The van der Waals surface area contributed by atoms with Crippen molar-refractivity contribution in [2.45, 2.75) is 63.1 Å². The van der Waals surface area contributed by atoms with Gasteiger partial charge in [0.1, 0.15) is 28.9 Å². The molecule has 16 heteroatoms. The molecule has 4 aromatic heterocycles. The summed E-state index contributed by atoms with van der Waals surface area (Å²) in [5, 5.41) is 20.2. The number of piperidine rings is 1. The van der Waals surface area contributed by atoms with Crippen molar-refractivity contribution in [1.29, 1.82) is 5.26 Å². The lowest BCUT2D eigenvalue weighted by Crippen LogP contribution is -2.50. The largest absolute Gasteiger partial charge is 0.433 e. The monoisotopic (exact) mass is 738 g/mol. The molecule has 1 saturated carbocycles. The zero-order valence-corrected chi connectivity index (χ0v) is 29.2. The summed E-state index contributed by atoms with van der Waals surface area (Å²) in [6, 6.07) is 12.4. The molecule has 4 amide bonds. The van der Waals surface area contributed by atoms with Gasteiger partial charge in [0, 0.05) is 37.3 Å². The Hall–Kier alpha value is -5.82. The maximum atomic E-state index is 13.1. The number of carbonyl (C=O) groups excluding carboxylic acids is 3. The molecular weight excluding hydrogens is 701 g/mol. The van der Waals surface area contributed by atoms with Crippen LogP contribution >= 0.6 is 0 Å². The predicted molar refractivity (Wildman–Crippen MR) is 192 cm³/mol. The highest BCUT2D eigenvalue weighted by atomic mass is 19.4. The number of fused-ring (bicyclic) bond motifs is 2. The molecular formula is C38H37F3N10O3. The van der Waals surface area contributed by atoms with Crippen LogP contribution in [0.5, 0.6) is 0 Å². The Morgan fingerprint density at radius 1 is 1.02 bits per heavy atom. The van der Waals surface area contributed by atoms with Gasteiger partial charge in [0.15, 0.2) is 0 Å². The van der Waals surface area contributed by atoms with Crippen LogP contribution in [-0.4, -0.2) is 73.1 Å². The summed E-state index contributed by atoms with van der Waals surface area (Å²) >= 11 is 0. The third kappa shape index (κ3) is 7.11. The molecule has 2 aliphatic heterocycles. The Morgan fingerprint density at radius 3 is 2.56 bits per heavy atom. The number of aromatic nitrogens is 5. The number of anilines is 2. The summed E-state index contributed by atoms with van der Waals surface area (Å²) in [5.74, 6) is 0.549. The number of amides is 4. The second kappa shape index (κ2) is 14.2. The first-order valence-corrected chi connectivity index (χ1v) is 18.1. The minimum Gasteiger partial charge on any atom is -0.319 e. The topological polar surface area (TPSA) is 154 Å². The summed E-state index contributed by atoms with van der Waals surface area (Å²) < 4.78 is 43.2. The normalized spacial score (nSPS) is 20.3. The SMILES string of the molecule is N#Cc1cc2nn(C3CCC(CN4CCC(c5ccn6c(N7CCC(=O)NC7=O)cnc6c5)CC4)CC3)cc2cc1NC(=O)c1cccc(C(F)(F)F)n1. The molecule has 6 heterocycles. The number of hydrogen-bond acceptors (Lipinski definition) is 8. The van der Waals surface area contributed by atoms with Gasteiger partial charge in [0.2, 0.25) is 5.91 Å². The number of carbonyl (C=O) groups is 3. The number of hydrogen-bond donors (Lipinski definition) is 2. The van der Waals surface area contributed by atoms with E-state index in [4.69, 9.17) is 5.10 Å². The van der Waals surface area contributed by atoms with Crippen LogP contribution < -0.4 is 15.5 Å². The molecule has 0 atom stereocenters. The van der Waals surface area contributed by atoms with Gasteiger partial charge in [-0.25, -0.2) is 14.8 Å². The molecule has 13 nitrogen and oxygen atoms in total. The fourth-order valence-electron chi connectivity index (χ4n) is 8.00. The number of benzene rings is 1. The Labute approximate surface area is 307 Å². The van der Waals surface area contributed by atoms with E-state index in [1.807, 2.05) is 21.5 Å². The second-order valence-electron chi connectivity index (χ2n) is 14.3. The molecule has 54 heavy (non-hydrogen) atoms. The second-order valence-corrected chi connectivity index (χ2v) is 14.3. The van der Waals surface area contributed by atoms with E-state index in [1.165, 1.54) is 11.6 Å². The van der Waals surface area contributed by atoms with E-state index < -0.39 is 29.5 Å². The molecule has 2 saturated heterocycles. The number of imidazole rings is 1. The number of halogens is 3. The van der Waals surface area contributed by atoms with Crippen molar-refractivity contribution in [3.8, 4) is 6.07 Å². The average Bonchev–Trinajstić information content (AvgIpc) is 3.78. The lowest BCUT2D eigenvalue weighted by molar-refractivity contribution is -0.141. The molecule has 3 aliphatic rings. The number of pyridine rings is 2. The smallest absolute Gasteiger partial charge is 0.319 e. The standard InChI is InChI=1S/C38H37F3N10O3/c39-38(40,41)32-3-1-2-29(44-32)36(53)45-30-17-27-22-51(47-31(27)16-26(30)19-42)28-6-4-23(5-7-28)21-48-12-8-24(9-13-48)25-10-14-49-33(18-25)43-20-35(49)50-15-11-34(52)46-37(50)54/h1-3,10,14,16-18,20,22-24,28H,4-9,11-13,15,21H2,(H,45,53)(H,46,52,54). The van der Waals surface area contributed by atoms with E-state index in [9.17, 15) is 32.8 Å². The van der Waals surface area contributed by atoms with Gasteiger partial charge in [0.25, 0.3) is 5.91 Å². The molecule has 3 fully saturated rings. The van der Waals surface area contributed by atoms with Gasteiger partial charge < -0.3 is 10.2 Å². The summed E-state index contributed by atoms with van der Waals surface area (Å²) in [5.41, 5.74) is 1.39. The van der Waals surface area contributed by atoms with Gasteiger partial charge in [0.05, 0.1) is 29.0 Å². The Morgan fingerprint density at radius 2 is 1.81 bits per heavy atom. The van der Waals surface area contributed by atoms with Crippen molar-refractivity contribution >= 4 is 45.9 Å². The molecule has 1 aromatic carbocycles. The number of nitrogens with zero attached hydrogens (tertiary/aromatic N) is 8. The zero-order valence-electron chi connectivity index (χ0n) is 29.2. The average molecular weight is 739 g/mol. The van der Waals surface area contributed by atoms with Crippen molar-refractivity contribution in [3.63, 3.8) is 0 Å². The van der Waals surface area contributed by atoms with E-state index in [1.54, 1.807) is 23.2 Å². The molecule has 0 unspecified atom stereocenters. The van der Waals surface area contributed by atoms with Crippen molar-refractivity contribution in [2.75, 3.05) is 36.4 Å². The fourth-order valence-corrected chi connectivity index (χ4v) is 8.00. The van der Waals surface area contributed by atoms with Gasteiger partial charge in [-0.2, -0.15) is 23.5 Å². The van der Waals surface area contributed by atoms with Crippen LogP contribution in [0.2, 0.25) is 0 Å².